The number of likely N-dealkylation sites (N-methyl/N-ethyl adjacent to an activating group) is 1. The normalized spacial score (nSPS) is 10.2. The summed E-state index contributed by atoms with van der Waals surface area (Å²) in [6, 6.07) is 0. The Morgan fingerprint density at radius 1 is 0.941 bits per heavy atom. The van der Waals surface area contributed by atoms with Crippen LogP contribution in [0.2, 0.25) is 0 Å². The molecule has 0 aromatic heterocycles. The number of hydrogen-bond donors (Lipinski definition) is 1. The molecule has 0 saturated heterocycles. The molecule has 106 valence electrons. The molecule has 0 bridgehead atoms. The first-order chi connectivity index (χ1) is 8.27. The van der Waals surface area contributed by atoms with Crippen LogP contribution < -0.4 is 5.32 Å². The van der Waals surface area contributed by atoms with Crippen LogP contribution in [0.1, 0.15) is 47.5 Å². The van der Waals surface area contributed by atoms with Gasteiger partial charge in [-0.05, 0) is 25.3 Å². The summed E-state index contributed by atoms with van der Waals surface area (Å²) in [5.74, 6) is 0.782. The molecule has 17 heavy (non-hydrogen) atoms. The molecule has 0 radical (unpaired) electrons. The largest absolute Gasteiger partial charge is 0.379 e. The summed E-state index contributed by atoms with van der Waals surface area (Å²) in [6.45, 7) is 15.6. The van der Waals surface area contributed by atoms with Crippen LogP contribution in [0, 0.1) is 5.92 Å². The van der Waals surface area contributed by atoms with Crippen molar-refractivity contribution in [3.05, 3.63) is 0 Å². The Hall–Kier alpha value is -0.120. The molecule has 0 heterocycles. The van der Waals surface area contributed by atoms with Gasteiger partial charge in [0.05, 0.1) is 19.8 Å². The summed E-state index contributed by atoms with van der Waals surface area (Å²) in [5.41, 5.74) is 0. The van der Waals surface area contributed by atoms with Crippen LogP contribution in [-0.2, 0) is 9.47 Å². The molecule has 0 saturated carbocycles. The molecule has 0 atom stereocenters. The molecule has 0 fully saturated rings. The van der Waals surface area contributed by atoms with Crippen molar-refractivity contribution in [3.63, 3.8) is 0 Å². The third-order valence-electron chi connectivity index (χ3n) is 2.12. The first-order valence-electron chi connectivity index (χ1n) is 7.13. The second-order valence-electron chi connectivity index (χ2n) is 4.11. The lowest BCUT2D eigenvalue weighted by Gasteiger charge is -2.07. The molecule has 0 unspecified atom stereocenters. The molecule has 0 aliphatic carbocycles. The van der Waals surface area contributed by atoms with Gasteiger partial charge in [-0.3, -0.25) is 0 Å². The minimum Gasteiger partial charge on any atom is -0.379 e. The van der Waals surface area contributed by atoms with Crippen LogP contribution in [0.25, 0.3) is 0 Å². The van der Waals surface area contributed by atoms with E-state index in [4.69, 9.17) is 9.47 Å². The van der Waals surface area contributed by atoms with Crippen LogP contribution in [0.4, 0.5) is 0 Å². The van der Waals surface area contributed by atoms with Gasteiger partial charge in [-0.15, -0.1) is 0 Å². The van der Waals surface area contributed by atoms with Crippen molar-refractivity contribution in [2.24, 2.45) is 5.92 Å². The molecular formula is C14H33NO2. The highest BCUT2D eigenvalue weighted by atomic mass is 16.5. The maximum atomic E-state index is 5.45. The standard InChI is InChI=1S/C12H27NO2.C2H6/c1-4-13-7-9-15-11-10-14-8-5-6-12(2)3;1-2/h12-13H,4-11H2,1-3H3;1-2H3. The van der Waals surface area contributed by atoms with Gasteiger partial charge in [0.1, 0.15) is 0 Å². The Kier molecular flexibility index (Phi) is 20.6. The molecule has 0 spiro atoms. The lowest BCUT2D eigenvalue weighted by Crippen LogP contribution is -2.20. The van der Waals surface area contributed by atoms with E-state index < -0.39 is 0 Å². The molecule has 0 aromatic rings. The monoisotopic (exact) mass is 247 g/mol. The molecule has 0 aliphatic heterocycles. The molecule has 0 aliphatic rings. The predicted octanol–water partition coefficient (Wildman–Crippen LogP) is 3.09. The molecular weight excluding hydrogens is 214 g/mol. The van der Waals surface area contributed by atoms with E-state index >= 15 is 0 Å². The second-order valence-corrected chi connectivity index (χ2v) is 4.11. The van der Waals surface area contributed by atoms with E-state index in [-0.39, 0.29) is 0 Å². The van der Waals surface area contributed by atoms with E-state index in [0.717, 1.165) is 45.2 Å². The highest BCUT2D eigenvalue weighted by Crippen LogP contribution is 2.02. The number of hydrogen-bond acceptors (Lipinski definition) is 3. The number of rotatable bonds is 11. The van der Waals surface area contributed by atoms with E-state index in [1.807, 2.05) is 13.8 Å². The van der Waals surface area contributed by atoms with Crippen molar-refractivity contribution in [1.82, 2.24) is 5.32 Å². The summed E-state index contributed by atoms with van der Waals surface area (Å²) >= 11 is 0. The Bertz CT molecular complexity index is 119. The zero-order chi connectivity index (χ0) is 13.4. The summed E-state index contributed by atoms with van der Waals surface area (Å²) in [5, 5.41) is 3.21. The van der Waals surface area contributed by atoms with Crippen molar-refractivity contribution in [3.8, 4) is 0 Å². The third-order valence-corrected chi connectivity index (χ3v) is 2.12. The van der Waals surface area contributed by atoms with Crippen LogP contribution >= 0.6 is 0 Å². The average Bonchev–Trinajstić information content (AvgIpc) is 2.34. The van der Waals surface area contributed by atoms with Gasteiger partial charge < -0.3 is 14.8 Å². The Labute approximate surface area is 108 Å². The number of nitrogens with one attached hydrogen (secondary N) is 1. The smallest absolute Gasteiger partial charge is 0.0701 e. The molecule has 3 heteroatoms. The Morgan fingerprint density at radius 3 is 2.06 bits per heavy atom. The predicted molar refractivity (Wildman–Crippen MR) is 75.6 cm³/mol. The van der Waals surface area contributed by atoms with Gasteiger partial charge in [-0.1, -0.05) is 34.6 Å². The Morgan fingerprint density at radius 2 is 1.53 bits per heavy atom. The van der Waals surface area contributed by atoms with Crippen molar-refractivity contribution >= 4 is 0 Å². The molecule has 0 amide bonds. The second kappa shape index (κ2) is 18.3. The lowest BCUT2D eigenvalue weighted by atomic mass is 10.1. The van der Waals surface area contributed by atoms with E-state index in [2.05, 4.69) is 26.1 Å². The van der Waals surface area contributed by atoms with Crippen molar-refractivity contribution in [1.29, 1.82) is 0 Å². The first-order valence-corrected chi connectivity index (χ1v) is 7.13. The van der Waals surface area contributed by atoms with Crippen LogP contribution in [-0.4, -0.2) is 39.5 Å². The van der Waals surface area contributed by atoms with E-state index in [9.17, 15) is 0 Å². The summed E-state index contributed by atoms with van der Waals surface area (Å²) in [4.78, 5) is 0. The molecule has 3 nitrogen and oxygen atoms in total. The van der Waals surface area contributed by atoms with Crippen LogP contribution in [0.3, 0.4) is 0 Å². The lowest BCUT2D eigenvalue weighted by molar-refractivity contribution is 0.0468. The summed E-state index contributed by atoms with van der Waals surface area (Å²) < 4.78 is 10.8. The zero-order valence-corrected chi connectivity index (χ0v) is 12.6. The zero-order valence-electron chi connectivity index (χ0n) is 12.6. The highest BCUT2D eigenvalue weighted by molar-refractivity contribution is 4.45. The van der Waals surface area contributed by atoms with Crippen LogP contribution in [0.5, 0.6) is 0 Å². The summed E-state index contributed by atoms with van der Waals surface area (Å²) in [7, 11) is 0. The molecule has 0 rings (SSSR count). The Balaban J connectivity index is 0. The topological polar surface area (TPSA) is 30.5 Å². The van der Waals surface area contributed by atoms with Crippen molar-refractivity contribution < 1.29 is 9.47 Å². The molecule has 1 N–H and O–H groups in total. The van der Waals surface area contributed by atoms with Gasteiger partial charge in [0, 0.05) is 13.2 Å². The fourth-order valence-electron chi connectivity index (χ4n) is 1.24. The van der Waals surface area contributed by atoms with Gasteiger partial charge in [-0.25, -0.2) is 0 Å². The maximum Gasteiger partial charge on any atom is 0.0701 e. The minimum absolute atomic E-state index is 0.715. The van der Waals surface area contributed by atoms with Crippen LogP contribution in [0.15, 0.2) is 0 Å². The third kappa shape index (κ3) is 21.7. The van der Waals surface area contributed by atoms with Gasteiger partial charge in [-0.2, -0.15) is 0 Å². The maximum absolute atomic E-state index is 5.45. The van der Waals surface area contributed by atoms with Gasteiger partial charge in [0.25, 0.3) is 0 Å². The first kappa shape index (κ1) is 19.2. The van der Waals surface area contributed by atoms with Gasteiger partial charge >= 0.3 is 0 Å². The quantitative estimate of drug-likeness (QED) is 0.569. The van der Waals surface area contributed by atoms with Gasteiger partial charge in [0.15, 0.2) is 0 Å². The average molecular weight is 247 g/mol. The SMILES string of the molecule is CC.CCNCCOCCOCCCC(C)C. The van der Waals surface area contributed by atoms with E-state index in [1.165, 1.54) is 6.42 Å². The van der Waals surface area contributed by atoms with Crippen molar-refractivity contribution in [2.75, 3.05) is 39.5 Å². The highest BCUT2D eigenvalue weighted by Gasteiger charge is 1.94. The van der Waals surface area contributed by atoms with E-state index in [0.29, 0.717) is 6.61 Å². The summed E-state index contributed by atoms with van der Waals surface area (Å²) in [6.07, 6.45) is 2.41. The molecule has 0 aromatic carbocycles. The fraction of sp³-hybridized carbons (Fsp3) is 1.00. The van der Waals surface area contributed by atoms with Gasteiger partial charge in [0.2, 0.25) is 0 Å². The number of ether oxygens (including phenoxy) is 2. The minimum atomic E-state index is 0.715. The van der Waals surface area contributed by atoms with E-state index in [1.54, 1.807) is 0 Å². The van der Waals surface area contributed by atoms with Crippen molar-refractivity contribution in [2.45, 2.75) is 47.5 Å². The fourth-order valence-corrected chi connectivity index (χ4v) is 1.24.